The first kappa shape index (κ1) is 31.6. The first-order valence-electron chi connectivity index (χ1n) is 16.5. The zero-order chi connectivity index (χ0) is 25.8. The molecule has 0 fully saturated rings. The van der Waals surface area contributed by atoms with Crippen LogP contribution in [0.3, 0.4) is 0 Å². The highest BCUT2D eigenvalue weighted by Gasteiger charge is 2.36. The standard InChI is InChI=1S/C34H64N2/c1-3-5-7-14-21-31-28-34-32(27-30(31)19-6-4-2)24-23-29(20-15-10-8-12-17-25-35)33(34)22-16-11-9-13-18-26-36/h23-24,28-33H,3-22,25-27,35-36H2,1-2H3. The van der Waals surface area contributed by atoms with Gasteiger partial charge in [0.05, 0.1) is 0 Å². The van der Waals surface area contributed by atoms with Crippen LogP contribution >= 0.6 is 0 Å². The topological polar surface area (TPSA) is 52.0 Å². The van der Waals surface area contributed by atoms with Crippen LogP contribution in [-0.2, 0) is 0 Å². The third kappa shape index (κ3) is 11.8. The Kier molecular flexibility index (Phi) is 17.9. The van der Waals surface area contributed by atoms with Crippen molar-refractivity contribution in [2.45, 2.75) is 149 Å². The molecule has 0 aliphatic heterocycles. The predicted molar refractivity (Wildman–Crippen MR) is 161 cm³/mol. The number of unbranched alkanes of at least 4 members (excludes halogenated alkanes) is 12. The van der Waals surface area contributed by atoms with Gasteiger partial charge in [0.15, 0.2) is 0 Å². The Morgan fingerprint density at radius 1 is 0.583 bits per heavy atom. The molecule has 2 aliphatic rings. The van der Waals surface area contributed by atoms with Gasteiger partial charge in [0.1, 0.15) is 0 Å². The second-order valence-electron chi connectivity index (χ2n) is 12.3. The highest BCUT2D eigenvalue weighted by molar-refractivity contribution is 5.27. The van der Waals surface area contributed by atoms with Crippen molar-refractivity contribution in [3.63, 3.8) is 0 Å². The summed E-state index contributed by atoms with van der Waals surface area (Å²) in [6.07, 6.45) is 37.0. The van der Waals surface area contributed by atoms with E-state index in [0.29, 0.717) is 0 Å². The van der Waals surface area contributed by atoms with Crippen LogP contribution < -0.4 is 11.5 Å². The molecule has 0 bridgehead atoms. The fourth-order valence-corrected chi connectivity index (χ4v) is 7.09. The number of fused-ring (bicyclic) bond motifs is 1. The zero-order valence-electron chi connectivity index (χ0n) is 24.5. The average Bonchev–Trinajstić information content (AvgIpc) is 2.89. The summed E-state index contributed by atoms with van der Waals surface area (Å²) in [5, 5.41) is 0. The number of allylic oxidation sites excluding steroid dienone is 4. The van der Waals surface area contributed by atoms with E-state index >= 15 is 0 Å². The second kappa shape index (κ2) is 20.4. The summed E-state index contributed by atoms with van der Waals surface area (Å²) in [5.74, 6) is 4.08. The third-order valence-corrected chi connectivity index (χ3v) is 9.31. The summed E-state index contributed by atoms with van der Waals surface area (Å²) in [4.78, 5) is 0. The number of nitrogens with two attached hydrogens (primary N) is 2. The molecule has 5 atom stereocenters. The summed E-state index contributed by atoms with van der Waals surface area (Å²) in [5.41, 5.74) is 13.3. The molecular formula is C34H64N2. The zero-order valence-corrected chi connectivity index (χ0v) is 24.5. The van der Waals surface area contributed by atoms with E-state index in [-0.39, 0.29) is 0 Å². The maximum absolute atomic E-state index is 5.72. The molecular weight excluding hydrogens is 436 g/mol. The van der Waals surface area contributed by atoms with E-state index in [9.17, 15) is 0 Å². The summed E-state index contributed by atoms with van der Waals surface area (Å²) < 4.78 is 0. The van der Waals surface area contributed by atoms with Gasteiger partial charge in [-0.3, -0.25) is 0 Å². The van der Waals surface area contributed by atoms with Crippen LogP contribution in [0.25, 0.3) is 0 Å². The van der Waals surface area contributed by atoms with E-state index in [0.717, 1.165) is 42.7 Å². The van der Waals surface area contributed by atoms with Crippen LogP contribution in [0.2, 0.25) is 0 Å². The summed E-state index contributed by atoms with van der Waals surface area (Å²) in [6, 6.07) is 0. The molecule has 2 nitrogen and oxygen atoms in total. The number of rotatable bonds is 22. The first-order valence-corrected chi connectivity index (χ1v) is 16.5. The Balaban J connectivity index is 2.06. The highest BCUT2D eigenvalue weighted by atomic mass is 14.5. The molecule has 2 aliphatic carbocycles. The van der Waals surface area contributed by atoms with Gasteiger partial charge in [-0.25, -0.2) is 0 Å². The van der Waals surface area contributed by atoms with E-state index in [2.05, 4.69) is 32.1 Å². The lowest BCUT2D eigenvalue weighted by Gasteiger charge is -2.42. The maximum Gasteiger partial charge on any atom is -0.00172 e. The smallest absolute Gasteiger partial charge is 0.00172 e. The Morgan fingerprint density at radius 2 is 1.14 bits per heavy atom. The second-order valence-corrected chi connectivity index (χ2v) is 12.3. The van der Waals surface area contributed by atoms with E-state index in [1.807, 2.05) is 5.57 Å². The average molecular weight is 501 g/mol. The van der Waals surface area contributed by atoms with Crippen LogP contribution in [0.4, 0.5) is 0 Å². The van der Waals surface area contributed by atoms with Crippen LogP contribution in [0.1, 0.15) is 149 Å². The van der Waals surface area contributed by atoms with Crippen LogP contribution in [0.15, 0.2) is 23.8 Å². The SMILES string of the molecule is CCCCCCC1C=C2C(C=CC(CCCCCCCN)C2CCCCCCCN)CC1CCCC. The van der Waals surface area contributed by atoms with Gasteiger partial charge in [0.25, 0.3) is 0 Å². The molecule has 36 heavy (non-hydrogen) atoms. The molecule has 4 N–H and O–H groups in total. The molecule has 0 aromatic carbocycles. The van der Waals surface area contributed by atoms with Crippen molar-refractivity contribution >= 4 is 0 Å². The van der Waals surface area contributed by atoms with Gasteiger partial charge < -0.3 is 11.5 Å². The predicted octanol–water partition coefficient (Wildman–Crippen LogP) is 9.73. The van der Waals surface area contributed by atoms with Crippen LogP contribution in [0, 0.1) is 29.6 Å². The molecule has 0 aromatic heterocycles. The third-order valence-electron chi connectivity index (χ3n) is 9.31. The van der Waals surface area contributed by atoms with Gasteiger partial charge in [-0.15, -0.1) is 0 Å². The van der Waals surface area contributed by atoms with Crippen molar-refractivity contribution in [2.75, 3.05) is 13.1 Å². The van der Waals surface area contributed by atoms with E-state index in [4.69, 9.17) is 11.5 Å². The Morgan fingerprint density at radius 3 is 1.78 bits per heavy atom. The van der Waals surface area contributed by atoms with E-state index in [1.165, 1.54) is 135 Å². The number of hydrogen-bond acceptors (Lipinski definition) is 2. The molecule has 0 saturated heterocycles. The van der Waals surface area contributed by atoms with Gasteiger partial charge in [-0.1, -0.05) is 128 Å². The summed E-state index contributed by atoms with van der Waals surface area (Å²) in [7, 11) is 0. The lowest BCUT2D eigenvalue weighted by molar-refractivity contribution is 0.242. The van der Waals surface area contributed by atoms with Crippen LogP contribution in [0.5, 0.6) is 0 Å². The van der Waals surface area contributed by atoms with Crippen molar-refractivity contribution in [1.82, 2.24) is 0 Å². The fraction of sp³-hybridized carbons (Fsp3) is 0.882. The lowest BCUT2D eigenvalue weighted by atomic mass is 9.63. The molecule has 5 unspecified atom stereocenters. The van der Waals surface area contributed by atoms with Gasteiger partial charge in [0, 0.05) is 0 Å². The monoisotopic (exact) mass is 501 g/mol. The molecule has 0 heterocycles. The molecule has 210 valence electrons. The largest absolute Gasteiger partial charge is 0.330 e. The van der Waals surface area contributed by atoms with E-state index < -0.39 is 0 Å². The lowest BCUT2D eigenvalue weighted by Crippen LogP contribution is -2.31. The van der Waals surface area contributed by atoms with Crippen molar-refractivity contribution in [2.24, 2.45) is 41.1 Å². The quantitative estimate of drug-likeness (QED) is 0.115. The normalized spacial score (nSPS) is 25.7. The fourth-order valence-electron chi connectivity index (χ4n) is 7.09. The maximum atomic E-state index is 5.72. The number of hydrogen-bond donors (Lipinski definition) is 2. The minimum atomic E-state index is 0.738. The van der Waals surface area contributed by atoms with Crippen molar-refractivity contribution in [1.29, 1.82) is 0 Å². The molecule has 0 amide bonds. The summed E-state index contributed by atoms with van der Waals surface area (Å²) in [6.45, 7) is 6.41. The van der Waals surface area contributed by atoms with Crippen molar-refractivity contribution in [3.05, 3.63) is 23.8 Å². The highest BCUT2D eigenvalue weighted by Crippen LogP contribution is 2.48. The van der Waals surface area contributed by atoms with Gasteiger partial charge in [-0.05, 0) is 87.6 Å². The van der Waals surface area contributed by atoms with Gasteiger partial charge in [-0.2, -0.15) is 0 Å². The minimum Gasteiger partial charge on any atom is -0.330 e. The molecule has 0 radical (unpaired) electrons. The van der Waals surface area contributed by atoms with Crippen LogP contribution in [-0.4, -0.2) is 13.1 Å². The molecule has 2 heteroatoms. The Bertz CT molecular complexity index is 580. The molecule has 0 spiro atoms. The molecule has 0 aromatic rings. The summed E-state index contributed by atoms with van der Waals surface area (Å²) >= 11 is 0. The Hall–Kier alpha value is -0.600. The van der Waals surface area contributed by atoms with E-state index in [1.54, 1.807) is 0 Å². The van der Waals surface area contributed by atoms with Crippen molar-refractivity contribution in [3.8, 4) is 0 Å². The minimum absolute atomic E-state index is 0.738. The van der Waals surface area contributed by atoms with Crippen molar-refractivity contribution < 1.29 is 0 Å². The van der Waals surface area contributed by atoms with Gasteiger partial charge >= 0.3 is 0 Å². The molecule has 2 rings (SSSR count). The van der Waals surface area contributed by atoms with Gasteiger partial charge in [0.2, 0.25) is 0 Å². The molecule has 0 saturated carbocycles. The Labute approximate surface area is 226 Å². The first-order chi connectivity index (χ1) is 17.7.